The van der Waals surface area contributed by atoms with Crippen molar-refractivity contribution >= 4 is 11.8 Å². The Kier molecular flexibility index (Phi) is 6.90. The first-order valence-corrected chi connectivity index (χ1v) is 10.9. The molecule has 2 aromatic carbocycles. The molecule has 1 N–H and O–H groups in total. The van der Waals surface area contributed by atoms with E-state index in [0.717, 1.165) is 22.3 Å². The van der Waals surface area contributed by atoms with Gasteiger partial charge in [0.25, 0.3) is 0 Å². The molecule has 0 spiro atoms. The van der Waals surface area contributed by atoms with Gasteiger partial charge in [0.1, 0.15) is 11.9 Å². The first-order chi connectivity index (χ1) is 15.6. The van der Waals surface area contributed by atoms with Crippen molar-refractivity contribution in [2.75, 3.05) is 13.1 Å². The van der Waals surface area contributed by atoms with Gasteiger partial charge in [-0.25, -0.2) is 4.39 Å². The second-order valence-electron chi connectivity index (χ2n) is 8.02. The largest absolute Gasteiger partial charge is 0.353 e. The minimum atomic E-state index is -0.522. The van der Waals surface area contributed by atoms with E-state index in [1.54, 1.807) is 23.2 Å². The molecule has 0 radical (unpaired) electrons. The number of amides is 2. The predicted octanol–water partition coefficient (Wildman–Crippen LogP) is 3.78. The van der Waals surface area contributed by atoms with Crippen LogP contribution in [-0.4, -0.2) is 40.8 Å². The Labute approximate surface area is 187 Å². The zero-order valence-corrected chi connectivity index (χ0v) is 17.8. The van der Waals surface area contributed by atoms with Gasteiger partial charge in [-0.3, -0.25) is 14.6 Å². The first-order valence-electron chi connectivity index (χ1n) is 10.9. The number of pyridine rings is 1. The summed E-state index contributed by atoms with van der Waals surface area (Å²) >= 11 is 0. The van der Waals surface area contributed by atoms with E-state index >= 15 is 0 Å². The summed E-state index contributed by atoms with van der Waals surface area (Å²) in [6, 6.07) is 17.7. The molecule has 0 saturated carbocycles. The van der Waals surface area contributed by atoms with Gasteiger partial charge in [-0.05, 0) is 53.3 Å². The third kappa shape index (κ3) is 5.38. The Morgan fingerprint density at radius 1 is 1.06 bits per heavy atom. The minimum absolute atomic E-state index is 0.0182. The number of hydrogen-bond acceptors (Lipinski definition) is 3. The van der Waals surface area contributed by atoms with Gasteiger partial charge in [-0.2, -0.15) is 0 Å². The number of hydrogen-bond donors (Lipinski definition) is 1. The van der Waals surface area contributed by atoms with Crippen molar-refractivity contribution in [3.63, 3.8) is 0 Å². The van der Waals surface area contributed by atoms with E-state index in [1.807, 2.05) is 36.5 Å². The molecule has 164 valence electrons. The molecular weight excluding hydrogens is 405 g/mol. The highest BCUT2D eigenvalue weighted by Gasteiger charge is 2.32. The van der Waals surface area contributed by atoms with Gasteiger partial charge in [0, 0.05) is 38.3 Å². The number of nitrogens with one attached hydrogen (secondary N) is 1. The maximum Gasteiger partial charge on any atom is 0.243 e. The zero-order valence-electron chi connectivity index (χ0n) is 17.8. The molecule has 0 aliphatic carbocycles. The van der Waals surface area contributed by atoms with E-state index in [-0.39, 0.29) is 17.6 Å². The van der Waals surface area contributed by atoms with Gasteiger partial charge in [-0.1, -0.05) is 42.5 Å². The van der Waals surface area contributed by atoms with Crippen molar-refractivity contribution in [1.82, 2.24) is 15.2 Å². The smallest absolute Gasteiger partial charge is 0.243 e. The third-order valence-electron chi connectivity index (χ3n) is 5.77. The molecule has 1 aromatic heterocycles. The van der Waals surface area contributed by atoms with Crippen LogP contribution >= 0.6 is 0 Å². The maximum atomic E-state index is 13.1. The highest BCUT2D eigenvalue weighted by Crippen LogP contribution is 2.22. The van der Waals surface area contributed by atoms with Crippen LogP contribution in [0, 0.1) is 5.82 Å². The molecule has 2 heterocycles. The van der Waals surface area contributed by atoms with Crippen LogP contribution in [0.2, 0.25) is 0 Å². The lowest BCUT2D eigenvalue weighted by molar-refractivity contribution is -0.143. The Bertz CT molecular complexity index is 1070. The van der Waals surface area contributed by atoms with E-state index in [4.69, 9.17) is 0 Å². The van der Waals surface area contributed by atoms with E-state index < -0.39 is 6.04 Å². The Morgan fingerprint density at radius 2 is 1.88 bits per heavy atom. The van der Waals surface area contributed by atoms with Crippen LogP contribution < -0.4 is 5.32 Å². The number of halogens is 1. The topological polar surface area (TPSA) is 62.3 Å². The van der Waals surface area contributed by atoms with Crippen LogP contribution in [0.4, 0.5) is 4.39 Å². The lowest BCUT2D eigenvalue weighted by Gasteiger charge is -2.35. The molecular formula is C26H26FN3O2. The molecule has 1 atom stereocenters. The van der Waals surface area contributed by atoms with Crippen LogP contribution in [0.1, 0.15) is 24.0 Å². The summed E-state index contributed by atoms with van der Waals surface area (Å²) in [5.74, 6) is -0.398. The number of aryl methyl sites for hydroxylation is 1. The standard InChI is InChI=1S/C26H26FN3O2/c27-23-11-9-19(10-12-23)4-2-8-25(31)30-15-14-29-26(32)24(30)17-20-5-1-6-21(16-20)22-7-3-13-28-18-22/h1,3,5-7,9-13,16,18,24H,2,4,8,14-15,17H2,(H,29,32)/t24-/m0/s1. The Hall–Kier alpha value is -3.54. The molecule has 1 saturated heterocycles. The van der Waals surface area contributed by atoms with Crippen molar-refractivity contribution in [1.29, 1.82) is 0 Å². The maximum absolute atomic E-state index is 13.1. The van der Waals surface area contributed by atoms with Gasteiger partial charge in [0.15, 0.2) is 0 Å². The monoisotopic (exact) mass is 431 g/mol. The fourth-order valence-electron chi connectivity index (χ4n) is 4.09. The summed E-state index contributed by atoms with van der Waals surface area (Å²) < 4.78 is 13.1. The fourth-order valence-corrected chi connectivity index (χ4v) is 4.09. The molecule has 1 fully saturated rings. The van der Waals surface area contributed by atoms with Crippen molar-refractivity contribution in [2.45, 2.75) is 31.7 Å². The number of benzene rings is 2. The van der Waals surface area contributed by atoms with Gasteiger partial charge >= 0.3 is 0 Å². The summed E-state index contributed by atoms with van der Waals surface area (Å²) in [7, 11) is 0. The average Bonchev–Trinajstić information content (AvgIpc) is 2.82. The van der Waals surface area contributed by atoms with E-state index in [0.29, 0.717) is 38.8 Å². The quantitative estimate of drug-likeness (QED) is 0.619. The SMILES string of the molecule is O=C1NCCN(C(=O)CCCc2ccc(F)cc2)[C@H]1Cc1cccc(-c2cccnc2)c1. The number of nitrogens with zero attached hydrogens (tertiary/aromatic N) is 2. The molecule has 4 rings (SSSR count). The number of piperazine rings is 1. The highest BCUT2D eigenvalue weighted by molar-refractivity contribution is 5.89. The molecule has 2 amide bonds. The lowest BCUT2D eigenvalue weighted by atomic mass is 9.98. The van der Waals surface area contributed by atoms with Gasteiger partial charge in [-0.15, -0.1) is 0 Å². The van der Waals surface area contributed by atoms with Crippen molar-refractivity contribution in [3.05, 3.63) is 90.0 Å². The summed E-state index contributed by atoms with van der Waals surface area (Å²) in [4.78, 5) is 31.5. The lowest BCUT2D eigenvalue weighted by Crippen LogP contribution is -2.58. The van der Waals surface area contributed by atoms with Crippen LogP contribution in [0.25, 0.3) is 11.1 Å². The summed E-state index contributed by atoms with van der Waals surface area (Å²) in [5.41, 5.74) is 4.04. The van der Waals surface area contributed by atoms with E-state index in [2.05, 4.69) is 16.4 Å². The number of aromatic nitrogens is 1. The third-order valence-corrected chi connectivity index (χ3v) is 5.77. The molecule has 0 bridgehead atoms. The van der Waals surface area contributed by atoms with E-state index in [9.17, 15) is 14.0 Å². The summed E-state index contributed by atoms with van der Waals surface area (Å²) in [6.07, 6.45) is 5.72. The van der Waals surface area contributed by atoms with Crippen LogP contribution in [0.3, 0.4) is 0 Å². The van der Waals surface area contributed by atoms with Gasteiger partial charge in [0.05, 0.1) is 0 Å². The average molecular weight is 432 g/mol. The van der Waals surface area contributed by atoms with Crippen LogP contribution in [-0.2, 0) is 22.4 Å². The second-order valence-corrected chi connectivity index (χ2v) is 8.02. The fraction of sp³-hybridized carbons (Fsp3) is 0.269. The second kappa shape index (κ2) is 10.2. The van der Waals surface area contributed by atoms with Crippen LogP contribution in [0.5, 0.6) is 0 Å². The normalized spacial score (nSPS) is 16.0. The summed E-state index contributed by atoms with van der Waals surface area (Å²) in [5, 5.41) is 2.89. The van der Waals surface area contributed by atoms with E-state index in [1.165, 1.54) is 12.1 Å². The molecule has 3 aromatic rings. The molecule has 1 aliphatic rings. The number of carbonyl (C=O) groups is 2. The first kappa shape index (κ1) is 21.7. The van der Waals surface area contributed by atoms with Crippen molar-refractivity contribution < 1.29 is 14.0 Å². The minimum Gasteiger partial charge on any atom is -0.353 e. The number of carbonyl (C=O) groups excluding carboxylic acids is 2. The van der Waals surface area contributed by atoms with Gasteiger partial charge < -0.3 is 10.2 Å². The Morgan fingerprint density at radius 3 is 2.66 bits per heavy atom. The number of rotatable bonds is 7. The zero-order chi connectivity index (χ0) is 22.3. The summed E-state index contributed by atoms with van der Waals surface area (Å²) in [6.45, 7) is 0.975. The van der Waals surface area contributed by atoms with Crippen molar-refractivity contribution in [3.8, 4) is 11.1 Å². The van der Waals surface area contributed by atoms with Crippen molar-refractivity contribution in [2.24, 2.45) is 0 Å². The van der Waals surface area contributed by atoms with Crippen LogP contribution in [0.15, 0.2) is 73.1 Å². The Balaban J connectivity index is 1.41. The molecule has 6 heteroatoms. The molecule has 5 nitrogen and oxygen atoms in total. The molecule has 32 heavy (non-hydrogen) atoms. The highest BCUT2D eigenvalue weighted by atomic mass is 19.1. The predicted molar refractivity (Wildman–Crippen MR) is 121 cm³/mol. The molecule has 0 unspecified atom stereocenters. The van der Waals surface area contributed by atoms with Gasteiger partial charge in [0.2, 0.25) is 11.8 Å². The molecule has 1 aliphatic heterocycles.